The van der Waals surface area contributed by atoms with Gasteiger partial charge in [0.2, 0.25) is 0 Å². The zero-order valence-corrected chi connectivity index (χ0v) is 8.04. The van der Waals surface area contributed by atoms with Crippen LogP contribution in [0.1, 0.15) is 5.82 Å². The van der Waals surface area contributed by atoms with Crippen molar-refractivity contribution in [3.8, 4) is 0 Å². The Morgan fingerprint density at radius 1 is 1.31 bits per heavy atom. The Morgan fingerprint density at radius 2 is 2.00 bits per heavy atom. The van der Waals surface area contributed by atoms with Gasteiger partial charge in [0.15, 0.2) is 17.5 Å². The van der Waals surface area contributed by atoms with Gasteiger partial charge in [0, 0.05) is 5.69 Å². The van der Waals surface area contributed by atoms with Crippen molar-refractivity contribution in [1.29, 1.82) is 0 Å². The van der Waals surface area contributed by atoms with Gasteiger partial charge in [0.25, 0.3) is 0 Å². The van der Waals surface area contributed by atoms with E-state index in [-0.39, 0.29) is 17.9 Å². The maximum atomic E-state index is 13.3. The summed E-state index contributed by atoms with van der Waals surface area (Å²) < 4.78 is 26.6. The van der Waals surface area contributed by atoms with Crippen LogP contribution in [0, 0.1) is 11.6 Å². The summed E-state index contributed by atoms with van der Waals surface area (Å²) in [6.45, 7) is 0.0637. The van der Waals surface area contributed by atoms with Gasteiger partial charge in [-0.2, -0.15) is 5.21 Å². The zero-order chi connectivity index (χ0) is 11.5. The fraction of sp³-hybridized carbons (Fsp3) is 0.125. The Labute approximate surface area is 88.8 Å². The third kappa shape index (κ3) is 2.05. The number of anilines is 2. The van der Waals surface area contributed by atoms with E-state index in [1.54, 1.807) is 0 Å². The highest BCUT2D eigenvalue weighted by atomic mass is 19.1. The summed E-state index contributed by atoms with van der Waals surface area (Å²) in [5.74, 6) is -1.22. The quantitative estimate of drug-likeness (QED) is 0.669. The number of hydrogen-bond acceptors (Lipinski definition) is 5. The van der Waals surface area contributed by atoms with E-state index in [1.807, 2.05) is 0 Å². The molecule has 0 unspecified atom stereocenters. The maximum absolute atomic E-state index is 13.3. The van der Waals surface area contributed by atoms with E-state index in [0.717, 1.165) is 12.1 Å². The second-order valence-corrected chi connectivity index (χ2v) is 3.04. The van der Waals surface area contributed by atoms with E-state index >= 15 is 0 Å². The number of H-pyrrole nitrogens is 1. The predicted molar refractivity (Wildman–Crippen MR) is 52.3 cm³/mol. The highest BCUT2D eigenvalue weighted by molar-refractivity contribution is 5.53. The van der Waals surface area contributed by atoms with Crippen molar-refractivity contribution in [3.05, 3.63) is 29.6 Å². The first-order chi connectivity index (χ1) is 7.66. The first-order valence-corrected chi connectivity index (χ1v) is 4.37. The second kappa shape index (κ2) is 4.09. The molecule has 16 heavy (non-hydrogen) atoms. The minimum absolute atomic E-state index is 0.0279. The lowest BCUT2D eigenvalue weighted by atomic mass is 10.2. The van der Waals surface area contributed by atoms with Crippen LogP contribution in [0.15, 0.2) is 12.1 Å². The van der Waals surface area contributed by atoms with Gasteiger partial charge in [0.05, 0.1) is 6.54 Å². The summed E-state index contributed by atoms with van der Waals surface area (Å²) in [6, 6.07) is 2.06. The number of tetrazole rings is 1. The summed E-state index contributed by atoms with van der Waals surface area (Å²) in [7, 11) is 0. The third-order valence-electron chi connectivity index (χ3n) is 1.88. The molecule has 4 N–H and O–H groups in total. The summed E-state index contributed by atoms with van der Waals surface area (Å²) in [4.78, 5) is 0. The molecular formula is C8H8F2N6. The molecule has 0 amide bonds. The van der Waals surface area contributed by atoms with Gasteiger partial charge in [-0.05, 0) is 12.1 Å². The molecule has 0 radical (unpaired) electrons. The molecule has 0 fully saturated rings. The third-order valence-corrected chi connectivity index (χ3v) is 1.88. The Balaban J connectivity index is 2.15. The Kier molecular flexibility index (Phi) is 2.63. The fourth-order valence-corrected chi connectivity index (χ4v) is 1.19. The van der Waals surface area contributed by atoms with Crippen LogP contribution in [0.25, 0.3) is 0 Å². The zero-order valence-electron chi connectivity index (χ0n) is 8.04. The number of halogens is 2. The van der Waals surface area contributed by atoms with E-state index in [2.05, 4.69) is 25.9 Å². The van der Waals surface area contributed by atoms with E-state index in [1.165, 1.54) is 0 Å². The highest BCUT2D eigenvalue weighted by Gasteiger charge is 2.10. The molecule has 0 atom stereocenters. The summed E-state index contributed by atoms with van der Waals surface area (Å²) in [5.41, 5.74) is 5.03. The SMILES string of the molecule is Nc1cc(F)c(NCc2nn[nH]n2)c(F)c1. The van der Waals surface area contributed by atoms with Crippen LogP contribution in [0.4, 0.5) is 20.2 Å². The lowest BCUT2D eigenvalue weighted by Crippen LogP contribution is -2.06. The van der Waals surface area contributed by atoms with Gasteiger partial charge in [0.1, 0.15) is 5.69 Å². The lowest BCUT2D eigenvalue weighted by molar-refractivity contribution is 0.588. The molecule has 0 saturated heterocycles. The first kappa shape index (κ1) is 10.3. The molecule has 84 valence electrons. The summed E-state index contributed by atoms with van der Waals surface area (Å²) in [5, 5.41) is 15.3. The van der Waals surface area contributed by atoms with Crippen molar-refractivity contribution in [3.63, 3.8) is 0 Å². The minimum atomic E-state index is -0.763. The van der Waals surface area contributed by atoms with Crippen LogP contribution in [0.3, 0.4) is 0 Å². The lowest BCUT2D eigenvalue weighted by Gasteiger charge is -2.07. The molecule has 6 nitrogen and oxygen atoms in total. The summed E-state index contributed by atoms with van der Waals surface area (Å²) in [6.07, 6.45) is 0. The number of nitrogens with two attached hydrogens (primary N) is 1. The predicted octanol–water partition coefficient (Wildman–Crippen LogP) is 0.672. The molecule has 1 heterocycles. The van der Waals surface area contributed by atoms with Gasteiger partial charge in [-0.3, -0.25) is 0 Å². The standard InChI is InChI=1S/C8H8F2N6/c9-5-1-4(11)2-6(10)8(5)12-3-7-13-15-16-14-7/h1-2,12H,3,11H2,(H,13,14,15,16). The fourth-order valence-electron chi connectivity index (χ4n) is 1.19. The van der Waals surface area contributed by atoms with Gasteiger partial charge < -0.3 is 11.1 Å². The molecule has 0 bridgehead atoms. The molecule has 1 aromatic heterocycles. The highest BCUT2D eigenvalue weighted by Crippen LogP contribution is 2.21. The average Bonchev–Trinajstić information content (AvgIpc) is 2.68. The van der Waals surface area contributed by atoms with Crippen molar-refractivity contribution < 1.29 is 8.78 Å². The van der Waals surface area contributed by atoms with E-state index in [4.69, 9.17) is 5.73 Å². The minimum Gasteiger partial charge on any atom is -0.399 e. The molecule has 8 heteroatoms. The van der Waals surface area contributed by atoms with Crippen LogP contribution >= 0.6 is 0 Å². The number of hydrogen-bond donors (Lipinski definition) is 3. The van der Waals surface area contributed by atoms with Crippen LogP contribution < -0.4 is 11.1 Å². The molecule has 2 rings (SSSR count). The normalized spacial score (nSPS) is 10.4. The number of nitrogens with one attached hydrogen (secondary N) is 2. The van der Waals surface area contributed by atoms with Crippen LogP contribution in [-0.4, -0.2) is 20.6 Å². The second-order valence-electron chi connectivity index (χ2n) is 3.04. The number of nitrogens with zero attached hydrogens (tertiary/aromatic N) is 3. The molecule has 0 aliphatic carbocycles. The molecule has 0 saturated carbocycles. The smallest absolute Gasteiger partial charge is 0.193 e. The number of benzene rings is 1. The molecule has 0 spiro atoms. The topological polar surface area (TPSA) is 92.5 Å². The van der Waals surface area contributed by atoms with Crippen molar-refractivity contribution in [2.24, 2.45) is 0 Å². The van der Waals surface area contributed by atoms with Crippen LogP contribution in [0.5, 0.6) is 0 Å². The van der Waals surface area contributed by atoms with Crippen molar-refractivity contribution in [2.45, 2.75) is 6.54 Å². The molecule has 1 aromatic carbocycles. The van der Waals surface area contributed by atoms with Crippen LogP contribution in [-0.2, 0) is 6.54 Å². The molecule has 0 aliphatic rings. The van der Waals surface area contributed by atoms with Gasteiger partial charge in [-0.25, -0.2) is 8.78 Å². The van der Waals surface area contributed by atoms with Crippen molar-refractivity contribution in [2.75, 3.05) is 11.1 Å². The summed E-state index contributed by atoms with van der Waals surface area (Å²) >= 11 is 0. The molecule has 0 aliphatic heterocycles. The Bertz CT molecular complexity index is 460. The van der Waals surface area contributed by atoms with E-state index < -0.39 is 11.6 Å². The maximum Gasteiger partial charge on any atom is 0.193 e. The molecular weight excluding hydrogens is 218 g/mol. The first-order valence-electron chi connectivity index (χ1n) is 4.37. The van der Waals surface area contributed by atoms with E-state index in [0.29, 0.717) is 5.82 Å². The van der Waals surface area contributed by atoms with Crippen LogP contribution in [0.2, 0.25) is 0 Å². The number of nitrogen functional groups attached to an aromatic ring is 1. The Hall–Kier alpha value is -2.25. The van der Waals surface area contributed by atoms with Crippen molar-refractivity contribution >= 4 is 11.4 Å². The number of aromatic amines is 1. The van der Waals surface area contributed by atoms with Gasteiger partial charge in [-0.15, -0.1) is 10.2 Å². The van der Waals surface area contributed by atoms with E-state index in [9.17, 15) is 8.78 Å². The van der Waals surface area contributed by atoms with Gasteiger partial charge in [-0.1, -0.05) is 5.21 Å². The molecule has 2 aromatic rings. The largest absolute Gasteiger partial charge is 0.399 e. The average molecular weight is 226 g/mol. The number of aromatic nitrogens is 4. The Morgan fingerprint density at radius 3 is 2.56 bits per heavy atom. The van der Waals surface area contributed by atoms with Crippen molar-refractivity contribution in [1.82, 2.24) is 20.6 Å². The van der Waals surface area contributed by atoms with Gasteiger partial charge >= 0.3 is 0 Å². The number of rotatable bonds is 3. The monoisotopic (exact) mass is 226 g/mol.